The number of esters is 1. The molecule has 1 aromatic heterocycles. The summed E-state index contributed by atoms with van der Waals surface area (Å²) in [4.78, 5) is 25.9. The fourth-order valence-electron chi connectivity index (χ4n) is 2.45. The van der Waals surface area contributed by atoms with Crippen molar-refractivity contribution in [3.63, 3.8) is 0 Å². The quantitative estimate of drug-likeness (QED) is 0.472. The third-order valence-electron chi connectivity index (χ3n) is 3.75. The molecule has 27 heavy (non-hydrogen) atoms. The molecule has 1 heterocycles. The predicted molar refractivity (Wildman–Crippen MR) is 110 cm³/mol. The largest absolute Gasteiger partial charge is 0.462 e. The average molecular weight is 377 g/mol. The van der Waals surface area contributed by atoms with Crippen molar-refractivity contribution < 1.29 is 14.3 Å². The highest BCUT2D eigenvalue weighted by atomic mass is 32.1. The number of ether oxygens (including phenoxy) is 1. The van der Waals surface area contributed by atoms with Gasteiger partial charge in [0.1, 0.15) is 0 Å². The highest BCUT2D eigenvalue weighted by Crippen LogP contribution is 2.28. The molecule has 0 saturated heterocycles. The number of benzene rings is 2. The van der Waals surface area contributed by atoms with Crippen LogP contribution in [-0.2, 0) is 9.53 Å². The molecule has 4 nitrogen and oxygen atoms in total. The van der Waals surface area contributed by atoms with Crippen LogP contribution in [0, 0.1) is 0 Å². The monoisotopic (exact) mass is 377 g/mol. The van der Waals surface area contributed by atoms with Crippen molar-refractivity contribution in [2.45, 2.75) is 6.92 Å². The molecule has 3 rings (SSSR count). The molecule has 0 saturated carbocycles. The van der Waals surface area contributed by atoms with Crippen molar-refractivity contribution in [2.75, 3.05) is 11.9 Å². The van der Waals surface area contributed by atoms with Crippen LogP contribution >= 0.6 is 11.3 Å². The molecule has 3 aromatic rings. The van der Waals surface area contributed by atoms with E-state index >= 15 is 0 Å². The molecule has 0 spiro atoms. The molecule has 0 unspecified atom stereocenters. The van der Waals surface area contributed by atoms with Gasteiger partial charge in [0.15, 0.2) is 0 Å². The van der Waals surface area contributed by atoms with Gasteiger partial charge < -0.3 is 10.1 Å². The van der Waals surface area contributed by atoms with Gasteiger partial charge in [0.05, 0.1) is 12.2 Å². The number of anilines is 1. The Morgan fingerprint density at radius 2 is 1.74 bits per heavy atom. The zero-order valence-corrected chi connectivity index (χ0v) is 15.7. The first-order chi connectivity index (χ1) is 13.2. The summed E-state index contributed by atoms with van der Waals surface area (Å²) in [6, 6.07) is 20.8. The van der Waals surface area contributed by atoms with Crippen molar-refractivity contribution in [2.24, 2.45) is 0 Å². The molecule has 0 aliphatic carbocycles. The van der Waals surface area contributed by atoms with Crippen LogP contribution in [0.15, 0.2) is 72.8 Å². The molecule has 2 aromatic carbocycles. The fourth-order valence-corrected chi connectivity index (χ4v) is 3.36. The molecule has 0 fully saturated rings. The van der Waals surface area contributed by atoms with E-state index in [1.807, 2.05) is 30.3 Å². The van der Waals surface area contributed by atoms with Crippen molar-refractivity contribution in [1.82, 2.24) is 0 Å². The van der Waals surface area contributed by atoms with Crippen LogP contribution in [0.5, 0.6) is 0 Å². The van der Waals surface area contributed by atoms with Gasteiger partial charge in [-0.2, -0.15) is 0 Å². The molecule has 0 bridgehead atoms. The van der Waals surface area contributed by atoms with E-state index in [9.17, 15) is 9.59 Å². The number of rotatable bonds is 6. The number of carbonyl (C=O) groups excluding carboxylic acids is 2. The van der Waals surface area contributed by atoms with E-state index in [0.717, 1.165) is 15.3 Å². The Bertz CT molecular complexity index is 943. The first kappa shape index (κ1) is 18.6. The number of hydrogen-bond acceptors (Lipinski definition) is 4. The smallest absolute Gasteiger partial charge is 0.338 e. The maximum atomic E-state index is 12.1. The van der Waals surface area contributed by atoms with Crippen LogP contribution in [0.2, 0.25) is 0 Å². The van der Waals surface area contributed by atoms with Crippen LogP contribution in [-0.4, -0.2) is 18.5 Å². The van der Waals surface area contributed by atoms with Crippen LogP contribution in [0.25, 0.3) is 16.5 Å². The molecule has 0 atom stereocenters. The molecule has 5 heteroatoms. The summed E-state index contributed by atoms with van der Waals surface area (Å²) in [7, 11) is 0. The maximum Gasteiger partial charge on any atom is 0.338 e. The van der Waals surface area contributed by atoms with Crippen LogP contribution < -0.4 is 5.32 Å². The zero-order valence-electron chi connectivity index (χ0n) is 14.8. The van der Waals surface area contributed by atoms with Gasteiger partial charge in [0.25, 0.3) is 0 Å². The molecule has 0 aliphatic heterocycles. The predicted octanol–water partition coefficient (Wildman–Crippen LogP) is 5.24. The van der Waals surface area contributed by atoms with E-state index in [1.165, 1.54) is 6.08 Å². The van der Waals surface area contributed by atoms with E-state index in [4.69, 9.17) is 4.74 Å². The average Bonchev–Trinajstić information content (AvgIpc) is 3.17. The van der Waals surface area contributed by atoms with Gasteiger partial charge in [-0.1, -0.05) is 30.3 Å². The second-order valence-electron chi connectivity index (χ2n) is 5.69. The summed E-state index contributed by atoms with van der Waals surface area (Å²) in [5.74, 6) is -0.601. The van der Waals surface area contributed by atoms with Crippen LogP contribution in [0.1, 0.15) is 22.2 Å². The normalized spacial score (nSPS) is 10.7. The summed E-state index contributed by atoms with van der Waals surface area (Å²) in [6.45, 7) is 2.09. The first-order valence-corrected chi connectivity index (χ1v) is 9.39. The number of thiophene rings is 1. The van der Waals surface area contributed by atoms with Crippen LogP contribution in [0.3, 0.4) is 0 Å². The summed E-state index contributed by atoms with van der Waals surface area (Å²) < 4.78 is 4.93. The highest BCUT2D eigenvalue weighted by Gasteiger charge is 2.06. The Morgan fingerprint density at radius 1 is 1.00 bits per heavy atom. The minimum absolute atomic E-state index is 0.228. The Balaban J connectivity index is 1.59. The topological polar surface area (TPSA) is 55.4 Å². The number of nitrogens with one attached hydrogen (secondary N) is 1. The van der Waals surface area contributed by atoms with Crippen molar-refractivity contribution in [3.8, 4) is 10.4 Å². The first-order valence-electron chi connectivity index (χ1n) is 8.57. The third-order valence-corrected chi connectivity index (χ3v) is 4.85. The van der Waals surface area contributed by atoms with Gasteiger partial charge in [-0.3, -0.25) is 4.79 Å². The second kappa shape index (κ2) is 8.96. The maximum absolute atomic E-state index is 12.1. The lowest BCUT2D eigenvalue weighted by Crippen LogP contribution is -2.08. The number of carbonyl (C=O) groups is 2. The highest BCUT2D eigenvalue weighted by molar-refractivity contribution is 7.16. The van der Waals surface area contributed by atoms with E-state index in [0.29, 0.717) is 17.9 Å². The Kier molecular flexibility index (Phi) is 6.18. The molecular formula is C22H19NO3S. The SMILES string of the molecule is CCOC(=O)c1ccc(NC(=O)/C=C/c2ccc(-c3ccccc3)s2)cc1. The zero-order chi connectivity index (χ0) is 19.1. The molecule has 136 valence electrons. The van der Waals surface area contributed by atoms with E-state index < -0.39 is 0 Å². The number of amides is 1. The van der Waals surface area contributed by atoms with Gasteiger partial charge in [0.2, 0.25) is 5.91 Å². The lowest BCUT2D eigenvalue weighted by atomic mass is 10.2. The summed E-state index contributed by atoms with van der Waals surface area (Å²) >= 11 is 1.63. The van der Waals surface area contributed by atoms with Gasteiger partial charge in [-0.15, -0.1) is 11.3 Å². The molecule has 1 amide bonds. The lowest BCUT2D eigenvalue weighted by molar-refractivity contribution is -0.111. The van der Waals surface area contributed by atoms with Crippen LogP contribution in [0.4, 0.5) is 5.69 Å². The summed E-state index contributed by atoms with van der Waals surface area (Å²) in [5.41, 5.74) is 2.24. The van der Waals surface area contributed by atoms with E-state index in [2.05, 4.69) is 17.4 Å². The van der Waals surface area contributed by atoms with Gasteiger partial charge in [-0.05, 0) is 55.0 Å². The van der Waals surface area contributed by atoms with E-state index in [1.54, 1.807) is 48.6 Å². The Hall–Kier alpha value is -3.18. The standard InChI is InChI=1S/C22H19NO3S/c1-2-26-22(25)17-8-10-18(11-9-17)23-21(24)15-13-19-12-14-20(27-19)16-6-4-3-5-7-16/h3-15H,2H2,1H3,(H,23,24)/b15-13+. The van der Waals surface area contributed by atoms with Gasteiger partial charge in [-0.25, -0.2) is 4.79 Å². The van der Waals surface area contributed by atoms with Crippen molar-refractivity contribution in [1.29, 1.82) is 0 Å². The van der Waals surface area contributed by atoms with E-state index in [-0.39, 0.29) is 11.9 Å². The second-order valence-corrected chi connectivity index (χ2v) is 6.80. The van der Waals surface area contributed by atoms with Gasteiger partial charge >= 0.3 is 5.97 Å². The summed E-state index contributed by atoms with van der Waals surface area (Å²) in [6.07, 6.45) is 3.29. The number of hydrogen-bond donors (Lipinski definition) is 1. The fraction of sp³-hybridized carbons (Fsp3) is 0.0909. The molecule has 0 aliphatic rings. The lowest BCUT2D eigenvalue weighted by Gasteiger charge is -2.04. The van der Waals surface area contributed by atoms with Crippen molar-refractivity contribution >= 4 is 35.0 Å². The van der Waals surface area contributed by atoms with Crippen molar-refractivity contribution in [3.05, 3.63) is 83.2 Å². The molecule has 0 radical (unpaired) electrons. The van der Waals surface area contributed by atoms with Gasteiger partial charge in [0, 0.05) is 21.5 Å². The molecule has 1 N–H and O–H groups in total. The third kappa shape index (κ3) is 5.15. The Morgan fingerprint density at radius 3 is 2.44 bits per heavy atom. The minimum Gasteiger partial charge on any atom is -0.462 e. The summed E-state index contributed by atoms with van der Waals surface area (Å²) in [5, 5.41) is 2.78. The molecular weight excluding hydrogens is 358 g/mol. The minimum atomic E-state index is -0.373. The Labute approximate surface area is 162 Å².